The van der Waals surface area contributed by atoms with Crippen molar-refractivity contribution in [1.29, 1.82) is 0 Å². The van der Waals surface area contributed by atoms with Crippen molar-refractivity contribution in [2.45, 2.75) is 6.54 Å². The fourth-order valence-electron chi connectivity index (χ4n) is 2.80. The molecular weight excluding hydrogens is 334 g/mol. The van der Waals surface area contributed by atoms with Crippen LogP contribution in [0.5, 0.6) is 5.75 Å². The van der Waals surface area contributed by atoms with Gasteiger partial charge in [-0.2, -0.15) is 0 Å². The van der Waals surface area contributed by atoms with Crippen molar-refractivity contribution in [2.75, 3.05) is 6.61 Å². The average molecular weight is 350 g/mol. The van der Waals surface area contributed by atoms with Crippen LogP contribution in [0.4, 0.5) is 0 Å². The third-order valence-corrected chi connectivity index (χ3v) is 4.27. The molecule has 0 aliphatic rings. The summed E-state index contributed by atoms with van der Waals surface area (Å²) in [6, 6.07) is 21.4. The van der Waals surface area contributed by atoms with Crippen molar-refractivity contribution in [3.63, 3.8) is 0 Å². The van der Waals surface area contributed by atoms with Crippen LogP contribution in [0.25, 0.3) is 22.6 Å². The first-order valence-electron chi connectivity index (χ1n) is 8.07. The van der Waals surface area contributed by atoms with Crippen LogP contribution < -0.4 is 4.74 Å². The lowest BCUT2D eigenvalue weighted by atomic mass is 10.3. The van der Waals surface area contributed by atoms with E-state index in [2.05, 4.69) is 15.6 Å². The number of fused-ring (bicyclic) bond motifs is 1. The second-order valence-electron chi connectivity index (χ2n) is 5.57. The van der Waals surface area contributed by atoms with Crippen LogP contribution in [-0.4, -0.2) is 21.1 Å². The lowest BCUT2D eigenvalue weighted by molar-refractivity contribution is 0.301. The Balaban J connectivity index is 1.65. The largest absolute Gasteiger partial charge is 0.490 e. The van der Waals surface area contributed by atoms with E-state index in [1.54, 1.807) is 6.20 Å². The Hall–Kier alpha value is -2.85. The summed E-state index contributed by atoms with van der Waals surface area (Å²) in [5.74, 6) is 1.53. The summed E-state index contributed by atoms with van der Waals surface area (Å²) in [7, 11) is 0. The molecule has 124 valence electrons. The number of pyridine rings is 1. The Kier molecular flexibility index (Phi) is 4.36. The molecule has 0 amide bonds. The molecule has 4 rings (SSSR count). The molecule has 2 heterocycles. The van der Waals surface area contributed by atoms with Crippen molar-refractivity contribution in [1.82, 2.24) is 14.5 Å². The second-order valence-corrected chi connectivity index (χ2v) is 5.98. The standard InChI is InChI=1S/C20H16ClN3O/c21-15-7-1-4-11-19(15)25-14-13-24-18-10-3-2-8-16(18)23-20(24)17-9-5-6-12-22-17/h1-12H,13-14H2. The van der Waals surface area contributed by atoms with Gasteiger partial charge in [-0.1, -0.05) is 41.9 Å². The maximum atomic E-state index is 6.15. The SMILES string of the molecule is Clc1ccccc1OCCn1c(-c2ccccn2)nc2ccccc21. The second kappa shape index (κ2) is 6.95. The van der Waals surface area contributed by atoms with Crippen molar-refractivity contribution < 1.29 is 4.74 Å². The molecule has 4 aromatic rings. The van der Waals surface area contributed by atoms with E-state index in [-0.39, 0.29) is 0 Å². The summed E-state index contributed by atoms with van der Waals surface area (Å²) in [6.07, 6.45) is 1.78. The van der Waals surface area contributed by atoms with E-state index < -0.39 is 0 Å². The molecule has 0 atom stereocenters. The van der Waals surface area contributed by atoms with Gasteiger partial charge in [0, 0.05) is 6.20 Å². The fraction of sp³-hybridized carbons (Fsp3) is 0.100. The van der Waals surface area contributed by atoms with Crippen LogP contribution in [0.2, 0.25) is 5.02 Å². The molecule has 0 N–H and O–H groups in total. The summed E-state index contributed by atoms with van der Waals surface area (Å²) in [5, 5.41) is 0.614. The number of nitrogens with zero attached hydrogens (tertiary/aromatic N) is 3. The van der Waals surface area contributed by atoms with Gasteiger partial charge in [-0.15, -0.1) is 0 Å². The Morgan fingerprint density at radius 2 is 1.72 bits per heavy atom. The molecule has 0 unspecified atom stereocenters. The van der Waals surface area contributed by atoms with E-state index in [1.807, 2.05) is 60.7 Å². The number of benzene rings is 2. The number of rotatable bonds is 5. The van der Waals surface area contributed by atoms with Crippen LogP contribution in [0, 0.1) is 0 Å². The predicted molar refractivity (Wildman–Crippen MR) is 99.9 cm³/mol. The molecule has 0 spiro atoms. The average Bonchev–Trinajstić information content (AvgIpc) is 3.03. The maximum Gasteiger partial charge on any atom is 0.159 e. The minimum atomic E-state index is 0.490. The van der Waals surface area contributed by atoms with Gasteiger partial charge in [0.05, 0.1) is 22.6 Å². The topological polar surface area (TPSA) is 39.9 Å². The van der Waals surface area contributed by atoms with E-state index in [4.69, 9.17) is 21.3 Å². The van der Waals surface area contributed by atoms with Crippen LogP contribution >= 0.6 is 11.6 Å². The molecule has 0 saturated carbocycles. The first-order valence-corrected chi connectivity index (χ1v) is 8.45. The smallest absolute Gasteiger partial charge is 0.159 e. The van der Waals surface area contributed by atoms with Crippen molar-refractivity contribution in [3.05, 3.63) is 77.9 Å². The predicted octanol–water partition coefficient (Wildman–Crippen LogP) is 4.83. The molecule has 2 aromatic heterocycles. The molecule has 0 fully saturated rings. The Morgan fingerprint density at radius 1 is 0.920 bits per heavy atom. The Bertz CT molecular complexity index is 998. The Labute approximate surface area is 150 Å². The monoisotopic (exact) mass is 349 g/mol. The van der Waals surface area contributed by atoms with E-state index >= 15 is 0 Å². The molecular formula is C20H16ClN3O. The van der Waals surface area contributed by atoms with Crippen molar-refractivity contribution in [3.8, 4) is 17.3 Å². The van der Waals surface area contributed by atoms with Gasteiger partial charge in [-0.3, -0.25) is 4.98 Å². The maximum absolute atomic E-state index is 6.15. The molecule has 0 saturated heterocycles. The summed E-state index contributed by atoms with van der Waals surface area (Å²) in [4.78, 5) is 9.18. The molecule has 25 heavy (non-hydrogen) atoms. The lowest BCUT2D eigenvalue weighted by Gasteiger charge is -2.11. The zero-order valence-corrected chi connectivity index (χ0v) is 14.2. The molecule has 5 heteroatoms. The number of hydrogen-bond acceptors (Lipinski definition) is 3. The van der Waals surface area contributed by atoms with Gasteiger partial charge in [0.15, 0.2) is 5.82 Å². The van der Waals surface area contributed by atoms with Crippen LogP contribution in [0.3, 0.4) is 0 Å². The van der Waals surface area contributed by atoms with Gasteiger partial charge < -0.3 is 9.30 Å². The van der Waals surface area contributed by atoms with Crippen molar-refractivity contribution >= 4 is 22.6 Å². The van der Waals surface area contributed by atoms with Crippen LogP contribution in [0.15, 0.2) is 72.9 Å². The van der Waals surface area contributed by atoms with Gasteiger partial charge in [0.2, 0.25) is 0 Å². The number of para-hydroxylation sites is 3. The quantitative estimate of drug-likeness (QED) is 0.518. The summed E-state index contributed by atoms with van der Waals surface area (Å²) in [5.41, 5.74) is 2.85. The highest BCUT2D eigenvalue weighted by Crippen LogP contribution is 2.25. The van der Waals surface area contributed by atoms with Crippen LogP contribution in [0.1, 0.15) is 0 Å². The highest BCUT2D eigenvalue weighted by Gasteiger charge is 2.13. The summed E-state index contributed by atoms with van der Waals surface area (Å²) >= 11 is 6.15. The molecule has 2 aromatic carbocycles. The number of hydrogen-bond donors (Lipinski definition) is 0. The molecule has 0 aliphatic heterocycles. The van der Waals surface area contributed by atoms with Gasteiger partial charge in [-0.25, -0.2) is 4.98 Å². The van der Waals surface area contributed by atoms with Gasteiger partial charge in [-0.05, 0) is 36.4 Å². The lowest BCUT2D eigenvalue weighted by Crippen LogP contribution is -2.10. The van der Waals surface area contributed by atoms with Gasteiger partial charge >= 0.3 is 0 Å². The summed E-state index contributed by atoms with van der Waals surface area (Å²) in [6.45, 7) is 1.14. The van der Waals surface area contributed by atoms with E-state index in [0.29, 0.717) is 23.9 Å². The zero-order chi connectivity index (χ0) is 17.1. The summed E-state index contributed by atoms with van der Waals surface area (Å²) < 4.78 is 7.98. The van der Waals surface area contributed by atoms with Gasteiger partial charge in [0.25, 0.3) is 0 Å². The first-order chi connectivity index (χ1) is 12.3. The molecule has 0 bridgehead atoms. The van der Waals surface area contributed by atoms with E-state index in [9.17, 15) is 0 Å². The number of imidazole rings is 1. The van der Waals surface area contributed by atoms with E-state index in [0.717, 1.165) is 22.6 Å². The first kappa shape index (κ1) is 15.7. The minimum Gasteiger partial charge on any atom is -0.490 e. The fourth-order valence-corrected chi connectivity index (χ4v) is 2.99. The third-order valence-electron chi connectivity index (χ3n) is 3.96. The van der Waals surface area contributed by atoms with E-state index in [1.165, 1.54) is 0 Å². The highest BCUT2D eigenvalue weighted by molar-refractivity contribution is 6.32. The van der Waals surface area contributed by atoms with Gasteiger partial charge in [0.1, 0.15) is 18.1 Å². The number of aromatic nitrogens is 3. The molecule has 0 radical (unpaired) electrons. The third kappa shape index (κ3) is 3.21. The van der Waals surface area contributed by atoms with Crippen molar-refractivity contribution in [2.24, 2.45) is 0 Å². The number of halogens is 1. The Morgan fingerprint density at radius 3 is 2.56 bits per heavy atom. The molecule has 0 aliphatic carbocycles. The number of ether oxygens (including phenoxy) is 1. The zero-order valence-electron chi connectivity index (χ0n) is 13.5. The molecule has 4 nitrogen and oxygen atoms in total. The minimum absolute atomic E-state index is 0.490. The normalized spacial score (nSPS) is 10.9. The van der Waals surface area contributed by atoms with Crippen LogP contribution in [-0.2, 0) is 6.54 Å². The highest BCUT2D eigenvalue weighted by atomic mass is 35.5.